The topological polar surface area (TPSA) is 113 Å². The maximum absolute atomic E-state index is 11.3. The lowest BCUT2D eigenvalue weighted by atomic mass is 10.1. The fourth-order valence-corrected chi connectivity index (χ4v) is 2.25. The summed E-state index contributed by atoms with van der Waals surface area (Å²) in [4.78, 5) is 28.2. The summed E-state index contributed by atoms with van der Waals surface area (Å²) in [7, 11) is 1.55. The number of rotatable bonds is 5. The highest BCUT2D eigenvalue weighted by molar-refractivity contribution is 5.88. The normalized spacial score (nSPS) is 10.6. The number of methoxy groups -OCH3 is 1. The summed E-state index contributed by atoms with van der Waals surface area (Å²) in [6.07, 6.45) is 2.27. The average molecular weight is 325 g/mol. The molecule has 1 aromatic carbocycles. The number of aldehydes is 1. The van der Waals surface area contributed by atoms with E-state index in [-0.39, 0.29) is 11.8 Å². The zero-order valence-corrected chi connectivity index (χ0v) is 13.2. The van der Waals surface area contributed by atoms with Gasteiger partial charge in [-0.05, 0) is 25.1 Å². The molecule has 0 radical (unpaired) electrons. The van der Waals surface area contributed by atoms with Crippen molar-refractivity contribution in [3.63, 3.8) is 0 Å². The first kappa shape index (κ1) is 15.6. The SMILES string of the molecule is CCOc1nc(N)nc2ncc(-c3cc(OC)ccc3C=O)nc12. The fraction of sp³-hybridized carbons (Fsp3) is 0.188. The Kier molecular flexibility index (Phi) is 4.19. The van der Waals surface area contributed by atoms with Gasteiger partial charge in [-0.3, -0.25) is 4.79 Å². The molecule has 3 aromatic rings. The van der Waals surface area contributed by atoms with Crippen LogP contribution in [0.3, 0.4) is 0 Å². The van der Waals surface area contributed by atoms with Crippen LogP contribution in [-0.2, 0) is 0 Å². The van der Waals surface area contributed by atoms with E-state index < -0.39 is 0 Å². The molecule has 0 saturated heterocycles. The van der Waals surface area contributed by atoms with Crippen molar-refractivity contribution in [1.29, 1.82) is 0 Å². The Hall–Kier alpha value is -3.29. The van der Waals surface area contributed by atoms with Crippen LogP contribution in [-0.4, -0.2) is 39.9 Å². The van der Waals surface area contributed by atoms with E-state index in [4.69, 9.17) is 15.2 Å². The number of carbonyl (C=O) groups excluding carboxylic acids is 1. The second-order valence-electron chi connectivity index (χ2n) is 4.82. The van der Waals surface area contributed by atoms with Gasteiger partial charge in [0, 0.05) is 11.1 Å². The van der Waals surface area contributed by atoms with Crippen molar-refractivity contribution < 1.29 is 14.3 Å². The van der Waals surface area contributed by atoms with Crippen molar-refractivity contribution in [2.24, 2.45) is 0 Å². The van der Waals surface area contributed by atoms with E-state index in [0.29, 0.717) is 40.3 Å². The Bertz CT molecular complexity index is 914. The van der Waals surface area contributed by atoms with E-state index in [1.165, 1.54) is 6.20 Å². The summed E-state index contributed by atoms with van der Waals surface area (Å²) in [5.74, 6) is 0.920. The summed E-state index contributed by atoms with van der Waals surface area (Å²) in [5, 5.41) is 0. The number of nitrogens with zero attached hydrogens (tertiary/aromatic N) is 4. The lowest BCUT2D eigenvalue weighted by Crippen LogP contribution is -2.04. The summed E-state index contributed by atoms with van der Waals surface area (Å²) in [6, 6.07) is 5.09. The van der Waals surface area contributed by atoms with Crippen molar-refractivity contribution >= 4 is 23.4 Å². The highest BCUT2D eigenvalue weighted by atomic mass is 16.5. The molecule has 0 aliphatic rings. The van der Waals surface area contributed by atoms with Gasteiger partial charge < -0.3 is 15.2 Å². The first-order chi connectivity index (χ1) is 11.7. The second-order valence-corrected chi connectivity index (χ2v) is 4.82. The van der Waals surface area contributed by atoms with Crippen LogP contribution in [0.5, 0.6) is 11.6 Å². The predicted molar refractivity (Wildman–Crippen MR) is 88.1 cm³/mol. The molecule has 0 aliphatic heterocycles. The third-order valence-electron chi connectivity index (χ3n) is 3.34. The van der Waals surface area contributed by atoms with E-state index in [2.05, 4.69) is 19.9 Å². The first-order valence-electron chi connectivity index (χ1n) is 7.23. The molecule has 0 unspecified atom stereocenters. The summed E-state index contributed by atoms with van der Waals surface area (Å²) < 4.78 is 10.7. The van der Waals surface area contributed by atoms with Gasteiger partial charge in [0.1, 0.15) is 5.75 Å². The number of benzene rings is 1. The molecule has 0 saturated carbocycles. The van der Waals surface area contributed by atoms with Crippen molar-refractivity contribution in [1.82, 2.24) is 19.9 Å². The summed E-state index contributed by atoms with van der Waals surface area (Å²) in [6.45, 7) is 2.23. The number of fused-ring (bicyclic) bond motifs is 1. The van der Waals surface area contributed by atoms with E-state index in [9.17, 15) is 4.79 Å². The number of hydrogen-bond donors (Lipinski definition) is 1. The minimum Gasteiger partial charge on any atom is -0.497 e. The monoisotopic (exact) mass is 325 g/mol. The molecule has 3 rings (SSSR count). The zero-order chi connectivity index (χ0) is 17.1. The second kappa shape index (κ2) is 6.45. The molecule has 2 aromatic heterocycles. The lowest BCUT2D eigenvalue weighted by molar-refractivity contribution is 0.112. The van der Waals surface area contributed by atoms with Crippen molar-refractivity contribution in [2.45, 2.75) is 6.92 Å². The molecule has 24 heavy (non-hydrogen) atoms. The van der Waals surface area contributed by atoms with Gasteiger partial charge in [0.25, 0.3) is 0 Å². The maximum atomic E-state index is 11.3. The van der Waals surface area contributed by atoms with E-state index >= 15 is 0 Å². The Morgan fingerprint density at radius 2 is 2.08 bits per heavy atom. The molecule has 2 heterocycles. The highest BCUT2D eigenvalue weighted by Crippen LogP contribution is 2.28. The first-order valence-corrected chi connectivity index (χ1v) is 7.23. The number of nitrogen functional groups attached to an aromatic ring is 1. The van der Waals surface area contributed by atoms with Gasteiger partial charge >= 0.3 is 0 Å². The number of aromatic nitrogens is 4. The van der Waals surface area contributed by atoms with Crippen LogP contribution in [0.15, 0.2) is 24.4 Å². The van der Waals surface area contributed by atoms with Crippen LogP contribution in [0, 0.1) is 0 Å². The van der Waals surface area contributed by atoms with Gasteiger partial charge in [-0.25, -0.2) is 9.97 Å². The quantitative estimate of drug-likeness (QED) is 0.707. The van der Waals surface area contributed by atoms with Crippen LogP contribution >= 0.6 is 0 Å². The number of carbonyl (C=O) groups is 1. The van der Waals surface area contributed by atoms with E-state index in [1.807, 2.05) is 6.92 Å². The molecule has 0 aliphatic carbocycles. The molecule has 0 bridgehead atoms. The van der Waals surface area contributed by atoms with Crippen LogP contribution in [0.1, 0.15) is 17.3 Å². The van der Waals surface area contributed by atoms with E-state index in [1.54, 1.807) is 25.3 Å². The van der Waals surface area contributed by atoms with Crippen molar-refractivity contribution in [3.05, 3.63) is 30.0 Å². The molecule has 0 fully saturated rings. The lowest BCUT2D eigenvalue weighted by Gasteiger charge is -2.09. The number of hydrogen-bond acceptors (Lipinski definition) is 8. The van der Waals surface area contributed by atoms with Crippen LogP contribution in [0.25, 0.3) is 22.4 Å². The van der Waals surface area contributed by atoms with E-state index in [0.717, 1.165) is 6.29 Å². The Balaban J connectivity index is 2.22. The fourth-order valence-electron chi connectivity index (χ4n) is 2.25. The molecule has 8 nitrogen and oxygen atoms in total. The molecular formula is C16H15N5O3. The highest BCUT2D eigenvalue weighted by Gasteiger charge is 2.14. The molecule has 8 heteroatoms. The largest absolute Gasteiger partial charge is 0.497 e. The van der Waals surface area contributed by atoms with Gasteiger partial charge in [0.05, 0.1) is 25.6 Å². The molecular weight excluding hydrogens is 310 g/mol. The zero-order valence-electron chi connectivity index (χ0n) is 13.2. The molecule has 2 N–H and O–H groups in total. The number of anilines is 1. The van der Waals surface area contributed by atoms with Gasteiger partial charge in [-0.1, -0.05) is 0 Å². The Morgan fingerprint density at radius 1 is 1.25 bits per heavy atom. The van der Waals surface area contributed by atoms with Gasteiger partial charge in [-0.2, -0.15) is 9.97 Å². The molecule has 0 amide bonds. The minimum atomic E-state index is 0.0583. The standard InChI is InChI=1S/C16H15N5O3/c1-3-24-15-13-14(20-16(17)21-15)18-7-12(19-13)11-6-10(23-2)5-4-9(11)8-22/h4-8H,3H2,1-2H3,(H2,17,18,20,21). The minimum absolute atomic E-state index is 0.0583. The third-order valence-corrected chi connectivity index (χ3v) is 3.34. The predicted octanol–water partition coefficient (Wildman–Crippen LogP) is 1.89. The van der Waals surface area contributed by atoms with Crippen molar-refractivity contribution in [2.75, 3.05) is 19.5 Å². The summed E-state index contributed by atoms with van der Waals surface area (Å²) in [5.41, 5.74) is 7.91. The molecule has 0 spiro atoms. The third kappa shape index (κ3) is 2.81. The maximum Gasteiger partial charge on any atom is 0.247 e. The number of ether oxygens (including phenoxy) is 2. The van der Waals surface area contributed by atoms with Crippen LogP contribution in [0.4, 0.5) is 5.95 Å². The van der Waals surface area contributed by atoms with Gasteiger partial charge in [-0.15, -0.1) is 0 Å². The average Bonchev–Trinajstić information content (AvgIpc) is 2.61. The van der Waals surface area contributed by atoms with Crippen LogP contribution in [0.2, 0.25) is 0 Å². The molecule has 122 valence electrons. The number of nitrogens with two attached hydrogens (primary N) is 1. The Labute approximate surface area is 137 Å². The van der Waals surface area contributed by atoms with Crippen molar-refractivity contribution in [3.8, 4) is 22.9 Å². The summed E-state index contributed by atoms with van der Waals surface area (Å²) >= 11 is 0. The molecule has 0 atom stereocenters. The Morgan fingerprint density at radius 3 is 2.79 bits per heavy atom. The van der Waals surface area contributed by atoms with Crippen LogP contribution < -0.4 is 15.2 Å². The van der Waals surface area contributed by atoms with Gasteiger partial charge in [0.15, 0.2) is 17.5 Å². The smallest absolute Gasteiger partial charge is 0.247 e. The van der Waals surface area contributed by atoms with Gasteiger partial charge in [0.2, 0.25) is 11.8 Å².